The lowest BCUT2D eigenvalue weighted by molar-refractivity contribution is 0.1000. The van der Waals surface area contributed by atoms with Crippen molar-refractivity contribution in [1.29, 1.82) is 0 Å². The average molecular weight is 328 g/mol. The fourth-order valence-electron chi connectivity index (χ4n) is 2.55. The summed E-state index contributed by atoms with van der Waals surface area (Å²) in [6.07, 6.45) is 2.59. The molecule has 5 heteroatoms. The summed E-state index contributed by atoms with van der Waals surface area (Å²) in [5.41, 5.74) is 7.91. The molecular formula is C19H24N2O3. The van der Waals surface area contributed by atoms with Crippen molar-refractivity contribution >= 4 is 5.91 Å². The van der Waals surface area contributed by atoms with E-state index in [4.69, 9.17) is 5.73 Å². The summed E-state index contributed by atoms with van der Waals surface area (Å²) in [7, 11) is 0. The first kappa shape index (κ1) is 17.8. The summed E-state index contributed by atoms with van der Waals surface area (Å²) in [6, 6.07) is 12.6. The first-order chi connectivity index (χ1) is 11.5. The van der Waals surface area contributed by atoms with E-state index >= 15 is 0 Å². The van der Waals surface area contributed by atoms with Gasteiger partial charge in [0.25, 0.3) is 0 Å². The number of hydrogen-bond donors (Lipinski definition) is 4. The molecule has 0 saturated carbocycles. The molecule has 5 N–H and O–H groups in total. The van der Waals surface area contributed by atoms with Crippen LogP contribution in [0.5, 0.6) is 11.5 Å². The largest absolute Gasteiger partial charge is 0.504 e. The van der Waals surface area contributed by atoms with Crippen LogP contribution in [-0.2, 0) is 12.8 Å². The van der Waals surface area contributed by atoms with Crippen molar-refractivity contribution in [3.8, 4) is 11.5 Å². The Labute approximate surface area is 142 Å². The van der Waals surface area contributed by atoms with Gasteiger partial charge in [0.2, 0.25) is 5.91 Å². The van der Waals surface area contributed by atoms with Gasteiger partial charge < -0.3 is 21.3 Å². The van der Waals surface area contributed by atoms with Crippen molar-refractivity contribution in [1.82, 2.24) is 5.32 Å². The molecule has 24 heavy (non-hydrogen) atoms. The molecule has 2 rings (SSSR count). The first-order valence-corrected chi connectivity index (χ1v) is 8.08. The molecule has 5 nitrogen and oxygen atoms in total. The van der Waals surface area contributed by atoms with Gasteiger partial charge in [-0.25, -0.2) is 0 Å². The zero-order valence-electron chi connectivity index (χ0n) is 13.8. The van der Waals surface area contributed by atoms with Crippen molar-refractivity contribution in [3.05, 3.63) is 59.2 Å². The van der Waals surface area contributed by atoms with Crippen LogP contribution in [0.1, 0.15) is 34.8 Å². The summed E-state index contributed by atoms with van der Waals surface area (Å²) in [6.45, 7) is 2.90. The van der Waals surface area contributed by atoms with Gasteiger partial charge in [0.1, 0.15) is 0 Å². The van der Waals surface area contributed by atoms with E-state index in [2.05, 4.69) is 12.2 Å². The Morgan fingerprint density at radius 3 is 2.54 bits per heavy atom. The fourth-order valence-corrected chi connectivity index (χ4v) is 2.55. The highest BCUT2D eigenvalue weighted by Gasteiger charge is 2.06. The second-order valence-corrected chi connectivity index (χ2v) is 6.03. The molecule has 0 aromatic heterocycles. The van der Waals surface area contributed by atoms with Gasteiger partial charge in [-0.05, 0) is 68.1 Å². The summed E-state index contributed by atoms with van der Waals surface area (Å²) in [5.74, 6) is -0.590. The van der Waals surface area contributed by atoms with Gasteiger partial charge in [-0.2, -0.15) is 0 Å². The molecule has 0 aliphatic rings. The summed E-state index contributed by atoms with van der Waals surface area (Å²) in [4.78, 5) is 11.2. The summed E-state index contributed by atoms with van der Waals surface area (Å²) >= 11 is 0. The normalized spacial score (nSPS) is 12.0. The van der Waals surface area contributed by atoms with Gasteiger partial charge in [-0.1, -0.05) is 18.2 Å². The molecule has 0 saturated heterocycles. The maximum Gasteiger partial charge on any atom is 0.248 e. The number of phenols is 2. The Balaban J connectivity index is 1.75. The maximum absolute atomic E-state index is 11.2. The third-order valence-corrected chi connectivity index (χ3v) is 4.02. The Bertz CT molecular complexity index is 701. The number of nitrogens with one attached hydrogen (secondary N) is 1. The van der Waals surface area contributed by atoms with Crippen LogP contribution in [0.2, 0.25) is 0 Å². The highest BCUT2D eigenvalue weighted by molar-refractivity contribution is 5.92. The molecule has 1 amide bonds. The van der Waals surface area contributed by atoms with Crippen molar-refractivity contribution in [2.24, 2.45) is 5.73 Å². The summed E-state index contributed by atoms with van der Waals surface area (Å²) in [5, 5.41) is 22.2. The van der Waals surface area contributed by atoms with Gasteiger partial charge in [0.05, 0.1) is 0 Å². The number of amides is 1. The number of phenolic OH excluding ortho intramolecular Hbond substituents is 2. The number of carbonyl (C=O) groups is 1. The van der Waals surface area contributed by atoms with E-state index in [0.29, 0.717) is 11.6 Å². The zero-order chi connectivity index (χ0) is 17.5. The molecule has 1 atom stereocenters. The number of aryl methyl sites for hydroxylation is 1. The minimum absolute atomic E-state index is 0.0881. The van der Waals surface area contributed by atoms with Gasteiger partial charge >= 0.3 is 0 Å². The Kier molecular flexibility index (Phi) is 6.21. The lowest BCUT2D eigenvalue weighted by atomic mass is 10.0. The number of nitrogens with two attached hydrogens (primary N) is 1. The first-order valence-electron chi connectivity index (χ1n) is 8.08. The van der Waals surface area contributed by atoms with Gasteiger partial charge in [-0.15, -0.1) is 0 Å². The van der Waals surface area contributed by atoms with E-state index in [1.165, 1.54) is 6.07 Å². The lowest BCUT2D eigenvalue weighted by Crippen LogP contribution is -2.28. The molecule has 0 bridgehead atoms. The van der Waals surface area contributed by atoms with E-state index in [1.54, 1.807) is 18.2 Å². The highest BCUT2D eigenvalue weighted by Crippen LogP contribution is 2.24. The van der Waals surface area contributed by atoms with Crippen LogP contribution in [0.3, 0.4) is 0 Å². The lowest BCUT2D eigenvalue weighted by Gasteiger charge is -2.14. The second-order valence-electron chi connectivity index (χ2n) is 6.03. The van der Waals surface area contributed by atoms with E-state index in [1.807, 2.05) is 18.2 Å². The van der Waals surface area contributed by atoms with Crippen molar-refractivity contribution in [2.45, 2.75) is 32.2 Å². The second kappa shape index (κ2) is 8.36. The van der Waals surface area contributed by atoms with Crippen molar-refractivity contribution < 1.29 is 15.0 Å². The van der Waals surface area contributed by atoms with Crippen LogP contribution in [-0.4, -0.2) is 28.7 Å². The molecule has 0 spiro atoms. The van der Waals surface area contributed by atoms with Crippen molar-refractivity contribution in [2.75, 3.05) is 6.54 Å². The Hall–Kier alpha value is -2.53. The number of primary amides is 1. The molecule has 0 aliphatic heterocycles. The van der Waals surface area contributed by atoms with Gasteiger partial charge in [0.15, 0.2) is 11.5 Å². The monoisotopic (exact) mass is 328 g/mol. The molecule has 0 heterocycles. The quantitative estimate of drug-likeness (QED) is 0.559. The van der Waals surface area contributed by atoms with Crippen LogP contribution >= 0.6 is 0 Å². The van der Waals surface area contributed by atoms with E-state index in [9.17, 15) is 15.0 Å². The smallest absolute Gasteiger partial charge is 0.248 e. The van der Waals surface area contributed by atoms with Crippen LogP contribution in [0.25, 0.3) is 0 Å². The SMILES string of the molecule is CC(CCc1cccc(C(N)=O)c1)NCCc1ccc(O)c(O)c1. The predicted molar refractivity (Wildman–Crippen MR) is 94.2 cm³/mol. The predicted octanol–water partition coefficient (Wildman–Crippen LogP) is 2.35. The average Bonchev–Trinajstić information content (AvgIpc) is 2.56. The number of carbonyl (C=O) groups excluding carboxylic acids is 1. The van der Waals surface area contributed by atoms with E-state index < -0.39 is 5.91 Å². The molecule has 0 radical (unpaired) electrons. The molecule has 1 unspecified atom stereocenters. The number of rotatable bonds is 8. The number of aromatic hydroxyl groups is 2. The van der Waals surface area contributed by atoms with Gasteiger partial charge in [0, 0.05) is 11.6 Å². The van der Waals surface area contributed by atoms with E-state index in [0.717, 1.165) is 36.9 Å². The minimum atomic E-state index is -0.403. The third kappa shape index (κ3) is 5.28. The molecule has 0 fully saturated rings. The maximum atomic E-state index is 11.2. The zero-order valence-corrected chi connectivity index (χ0v) is 13.8. The number of hydrogen-bond acceptors (Lipinski definition) is 4. The van der Waals surface area contributed by atoms with Gasteiger partial charge in [-0.3, -0.25) is 4.79 Å². The van der Waals surface area contributed by atoms with Crippen LogP contribution in [0, 0.1) is 0 Å². The molecule has 2 aromatic carbocycles. The minimum Gasteiger partial charge on any atom is -0.504 e. The van der Waals surface area contributed by atoms with E-state index in [-0.39, 0.29) is 11.5 Å². The third-order valence-electron chi connectivity index (χ3n) is 4.02. The molecule has 0 aliphatic carbocycles. The van der Waals surface area contributed by atoms with Crippen LogP contribution < -0.4 is 11.1 Å². The molecule has 2 aromatic rings. The summed E-state index contributed by atoms with van der Waals surface area (Å²) < 4.78 is 0. The number of benzene rings is 2. The molecule has 128 valence electrons. The fraction of sp³-hybridized carbons (Fsp3) is 0.316. The van der Waals surface area contributed by atoms with Crippen molar-refractivity contribution in [3.63, 3.8) is 0 Å². The topological polar surface area (TPSA) is 95.6 Å². The Morgan fingerprint density at radius 1 is 1.08 bits per heavy atom. The Morgan fingerprint density at radius 2 is 1.83 bits per heavy atom. The van der Waals surface area contributed by atoms with Crippen LogP contribution in [0.4, 0.5) is 0 Å². The molecular weight excluding hydrogens is 304 g/mol. The van der Waals surface area contributed by atoms with Crippen LogP contribution in [0.15, 0.2) is 42.5 Å². The standard InChI is InChI=1S/C19H24N2O3/c1-13(5-6-14-3-2-4-16(11-14)19(20)24)21-10-9-15-7-8-17(22)18(23)12-15/h2-4,7-8,11-13,21-23H,5-6,9-10H2,1H3,(H2,20,24). The highest BCUT2D eigenvalue weighted by atomic mass is 16.3.